The number of likely N-dealkylation sites (N-methyl/N-ethyl adjacent to an activating group) is 1. The second kappa shape index (κ2) is 3.87. The summed E-state index contributed by atoms with van der Waals surface area (Å²) < 4.78 is 1.83. The molecule has 86 valence electrons. The largest absolute Gasteiger partial charge is 0.301 e. The number of nitrogens with zero attached hydrogens (tertiary/aromatic N) is 4. The van der Waals surface area contributed by atoms with Gasteiger partial charge in [0.15, 0.2) is 0 Å². The van der Waals surface area contributed by atoms with Crippen LogP contribution >= 0.6 is 0 Å². The highest BCUT2D eigenvalue weighted by atomic mass is 15.4. The number of hydrogen-bond donors (Lipinski definition) is 1. The molecule has 0 amide bonds. The van der Waals surface area contributed by atoms with Gasteiger partial charge in [-0.05, 0) is 39.7 Å². The van der Waals surface area contributed by atoms with Crippen molar-refractivity contribution < 1.29 is 0 Å². The molecule has 0 spiro atoms. The Morgan fingerprint density at radius 2 is 2.25 bits per heavy atom. The normalized spacial score (nSPS) is 19.1. The van der Waals surface area contributed by atoms with Gasteiger partial charge in [0.2, 0.25) is 0 Å². The Kier molecular flexibility index (Phi) is 2.68. The molecule has 1 aliphatic carbocycles. The molecule has 1 saturated carbocycles. The standard InChI is InChI=1S/C11H17N5/c1-8-14-9(2)16(15-8)7-11(6-12,13-3)10-4-5-10/h10,13H,4-5,7H2,1-3H3. The van der Waals surface area contributed by atoms with E-state index < -0.39 is 5.54 Å². The van der Waals surface area contributed by atoms with E-state index in [2.05, 4.69) is 21.5 Å². The van der Waals surface area contributed by atoms with Crippen LogP contribution < -0.4 is 5.32 Å². The molecular formula is C11H17N5. The molecule has 5 nitrogen and oxygen atoms in total. The Labute approximate surface area is 95.5 Å². The zero-order valence-corrected chi connectivity index (χ0v) is 9.99. The highest BCUT2D eigenvalue weighted by Crippen LogP contribution is 2.40. The van der Waals surface area contributed by atoms with Gasteiger partial charge in [-0.2, -0.15) is 10.4 Å². The van der Waals surface area contributed by atoms with Crippen LogP contribution in [-0.4, -0.2) is 27.4 Å². The summed E-state index contributed by atoms with van der Waals surface area (Å²) in [4.78, 5) is 4.26. The summed E-state index contributed by atoms with van der Waals surface area (Å²) in [5, 5.41) is 16.8. The van der Waals surface area contributed by atoms with Crippen molar-refractivity contribution in [2.24, 2.45) is 5.92 Å². The fourth-order valence-electron chi connectivity index (χ4n) is 2.12. The van der Waals surface area contributed by atoms with Crippen LogP contribution in [0, 0.1) is 31.1 Å². The van der Waals surface area contributed by atoms with Gasteiger partial charge in [0.1, 0.15) is 17.2 Å². The van der Waals surface area contributed by atoms with Crippen molar-refractivity contribution in [3.8, 4) is 6.07 Å². The summed E-state index contributed by atoms with van der Waals surface area (Å²) in [6.07, 6.45) is 2.25. The zero-order chi connectivity index (χ0) is 11.8. The van der Waals surface area contributed by atoms with E-state index in [4.69, 9.17) is 0 Å². The SMILES string of the molecule is CNC(C#N)(Cn1nc(C)nc1C)C1CC1. The van der Waals surface area contributed by atoms with Crippen LogP contribution in [-0.2, 0) is 6.54 Å². The van der Waals surface area contributed by atoms with Crippen molar-refractivity contribution in [1.29, 1.82) is 5.26 Å². The summed E-state index contributed by atoms with van der Waals surface area (Å²) in [5.41, 5.74) is -0.481. The lowest BCUT2D eigenvalue weighted by Crippen LogP contribution is -2.48. The van der Waals surface area contributed by atoms with Gasteiger partial charge in [-0.3, -0.25) is 0 Å². The van der Waals surface area contributed by atoms with Gasteiger partial charge in [-0.15, -0.1) is 0 Å². The lowest BCUT2D eigenvalue weighted by Gasteiger charge is -2.26. The molecule has 1 aromatic rings. The maximum Gasteiger partial charge on any atom is 0.147 e. The molecule has 0 bridgehead atoms. The summed E-state index contributed by atoms with van der Waals surface area (Å²) in [5.74, 6) is 2.08. The highest BCUT2D eigenvalue weighted by Gasteiger charge is 2.45. The summed E-state index contributed by atoms with van der Waals surface area (Å²) in [6.45, 7) is 4.37. The van der Waals surface area contributed by atoms with E-state index in [0.717, 1.165) is 24.5 Å². The monoisotopic (exact) mass is 219 g/mol. The molecule has 1 atom stereocenters. The fourth-order valence-corrected chi connectivity index (χ4v) is 2.12. The van der Waals surface area contributed by atoms with E-state index in [-0.39, 0.29) is 0 Å². The van der Waals surface area contributed by atoms with E-state index >= 15 is 0 Å². The van der Waals surface area contributed by atoms with Crippen molar-refractivity contribution in [1.82, 2.24) is 20.1 Å². The van der Waals surface area contributed by atoms with Gasteiger partial charge in [0.25, 0.3) is 0 Å². The number of rotatable bonds is 4. The van der Waals surface area contributed by atoms with Gasteiger partial charge in [0.05, 0.1) is 12.6 Å². The van der Waals surface area contributed by atoms with Gasteiger partial charge < -0.3 is 5.32 Å². The summed E-state index contributed by atoms with van der Waals surface area (Å²) in [7, 11) is 1.85. The van der Waals surface area contributed by atoms with Crippen LogP contribution in [0.3, 0.4) is 0 Å². The third-order valence-corrected chi connectivity index (χ3v) is 3.28. The van der Waals surface area contributed by atoms with E-state index in [1.54, 1.807) is 0 Å². The first-order valence-electron chi connectivity index (χ1n) is 5.59. The van der Waals surface area contributed by atoms with Crippen LogP contribution in [0.2, 0.25) is 0 Å². The summed E-state index contributed by atoms with van der Waals surface area (Å²) in [6, 6.07) is 2.41. The number of nitriles is 1. The number of hydrogen-bond acceptors (Lipinski definition) is 4. The Bertz CT molecular complexity index is 426. The molecule has 1 heterocycles. The average molecular weight is 219 g/mol. The third kappa shape index (κ3) is 1.81. The van der Waals surface area contributed by atoms with E-state index in [1.165, 1.54) is 0 Å². The number of aryl methyl sites for hydroxylation is 2. The zero-order valence-electron chi connectivity index (χ0n) is 9.99. The molecular weight excluding hydrogens is 202 g/mol. The van der Waals surface area contributed by atoms with Crippen molar-refractivity contribution in [3.05, 3.63) is 11.6 Å². The van der Waals surface area contributed by atoms with Gasteiger partial charge >= 0.3 is 0 Å². The molecule has 1 aromatic heterocycles. The Morgan fingerprint density at radius 3 is 2.62 bits per heavy atom. The van der Waals surface area contributed by atoms with Crippen LogP contribution in [0.4, 0.5) is 0 Å². The second-order valence-electron chi connectivity index (χ2n) is 4.47. The van der Waals surface area contributed by atoms with E-state index in [1.807, 2.05) is 25.6 Å². The fraction of sp³-hybridized carbons (Fsp3) is 0.727. The molecule has 1 N–H and O–H groups in total. The number of aromatic nitrogens is 3. The quantitative estimate of drug-likeness (QED) is 0.813. The molecule has 1 aliphatic rings. The maximum absolute atomic E-state index is 9.37. The predicted octanol–water partition coefficient (Wildman–Crippen LogP) is 0.787. The topological polar surface area (TPSA) is 66.5 Å². The molecule has 0 aliphatic heterocycles. The Balaban J connectivity index is 2.24. The van der Waals surface area contributed by atoms with Crippen LogP contribution in [0.1, 0.15) is 24.5 Å². The molecule has 0 saturated heterocycles. The van der Waals surface area contributed by atoms with Crippen LogP contribution in [0.25, 0.3) is 0 Å². The Hall–Kier alpha value is -1.41. The van der Waals surface area contributed by atoms with Crippen molar-refractivity contribution in [3.63, 3.8) is 0 Å². The van der Waals surface area contributed by atoms with E-state index in [0.29, 0.717) is 12.5 Å². The summed E-state index contributed by atoms with van der Waals surface area (Å²) >= 11 is 0. The minimum atomic E-state index is -0.481. The molecule has 5 heteroatoms. The molecule has 1 unspecified atom stereocenters. The first-order chi connectivity index (χ1) is 7.61. The molecule has 0 aromatic carbocycles. The maximum atomic E-state index is 9.37. The lowest BCUT2D eigenvalue weighted by molar-refractivity contribution is 0.322. The smallest absolute Gasteiger partial charge is 0.147 e. The second-order valence-corrected chi connectivity index (χ2v) is 4.47. The minimum absolute atomic E-state index is 0.450. The molecule has 0 radical (unpaired) electrons. The van der Waals surface area contributed by atoms with Gasteiger partial charge in [-0.25, -0.2) is 9.67 Å². The third-order valence-electron chi connectivity index (χ3n) is 3.28. The van der Waals surface area contributed by atoms with Crippen molar-refractivity contribution >= 4 is 0 Å². The predicted molar refractivity (Wildman–Crippen MR) is 59.6 cm³/mol. The molecule has 2 rings (SSSR count). The molecule has 16 heavy (non-hydrogen) atoms. The van der Waals surface area contributed by atoms with Gasteiger partial charge in [-0.1, -0.05) is 0 Å². The number of nitrogens with one attached hydrogen (secondary N) is 1. The minimum Gasteiger partial charge on any atom is -0.301 e. The first-order valence-corrected chi connectivity index (χ1v) is 5.59. The van der Waals surface area contributed by atoms with Crippen LogP contribution in [0.15, 0.2) is 0 Å². The van der Waals surface area contributed by atoms with Crippen molar-refractivity contribution in [2.75, 3.05) is 7.05 Å². The van der Waals surface area contributed by atoms with Gasteiger partial charge in [0, 0.05) is 0 Å². The molecule has 1 fully saturated rings. The Morgan fingerprint density at radius 1 is 1.56 bits per heavy atom. The first kappa shape index (κ1) is 11.1. The van der Waals surface area contributed by atoms with Crippen molar-refractivity contribution in [2.45, 2.75) is 38.8 Å². The van der Waals surface area contributed by atoms with E-state index in [9.17, 15) is 5.26 Å². The lowest BCUT2D eigenvalue weighted by atomic mass is 9.95. The highest BCUT2D eigenvalue weighted by molar-refractivity contribution is 5.15. The average Bonchev–Trinajstić information content (AvgIpc) is 3.04. The van der Waals surface area contributed by atoms with Crippen LogP contribution in [0.5, 0.6) is 0 Å².